The molecule has 0 heterocycles. The molecule has 0 N–H and O–H groups in total. The summed E-state index contributed by atoms with van der Waals surface area (Å²) in [5.74, 6) is -1.24. The fourth-order valence-electron chi connectivity index (χ4n) is 1.53. The van der Waals surface area contributed by atoms with E-state index in [0.29, 0.717) is 15.4 Å². The maximum absolute atomic E-state index is 13.5. The van der Waals surface area contributed by atoms with E-state index in [1.807, 2.05) is 13.0 Å². The van der Waals surface area contributed by atoms with Gasteiger partial charge in [0.15, 0.2) is 6.29 Å². The van der Waals surface area contributed by atoms with E-state index in [1.165, 1.54) is 12.1 Å². The van der Waals surface area contributed by atoms with E-state index < -0.39 is 11.6 Å². The van der Waals surface area contributed by atoms with Gasteiger partial charge in [-0.3, -0.25) is 4.79 Å². The van der Waals surface area contributed by atoms with Crippen LogP contribution < -0.4 is 0 Å². The summed E-state index contributed by atoms with van der Waals surface area (Å²) in [5, 5.41) is 0. The molecule has 18 heavy (non-hydrogen) atoms. The van der Waals surface area contributed by atoms with Crippen LogP contribution in [0.4, 0.5) is 8.78 Å². The normalized spacial score (nSPS) is 10.4. The predicted molar refractivity (Wildman–Crippen MR) is 67.0 cm³/mol. The van der Waals surface area contributed by atoms with Crippen LogP contribution in [0.5, 0.6) is 0 Å². The van der Waals surface area contributed by atoms with Crippen LogP contribution in [-0.2, 0) is 0 Å². The second-order valence-electron chi connectivity index (χ2n) is 3.84. The Labute approximate surface area is 108 Å². The van der Waals surface area contributed by atoms with Gasteiger partial charge in [-0.15, -0.1) is 0 Å². The van der Waals surface area contributed by atoms with E-state index in [9.17, 15) is 13.6 Å². The van der Waals surface area contributed by atoms with Crippen LogP contribution in [-0.4, -0.2) is 6.29 Å². The average Bonchev–Trinajstić information content (AvgIpc) is 2.34. The molecule has 1 nitrogen and oxygen atoms in total. The van der Waals surface area contributed by atoms with Crippen molar-refractivity contribution in [2.24, 2.45) is 0 Å². The number of hydrogen-bond acceptors (Lipinski definition) is 2. The van der Waals surface area contributed by atoms with Crippen LogP contribution in [0.25, 0.3) is 0 Å². The zero-order valence-corrected chi connectivity index (χ0v) is 10.4. The minimum Gasteiger partial charge on any atom is -0.298 e. The van der Waals surface area contributed by atoms with Gasteiger partial charge >= 0.3 is 0 Å². The highest BCUT2D eigenvalue weighted by Gasteiger charge is 2.09. The lowest BCUT2D eigenvalue weighted by Crippen LogP contribution is -1.89. The molecule has 92 valence electrons. The number of carbonyl (C=O) groups excluding carboxylic acids is 1. The van der Waals surface area contributed by atoms with Gasteiger partial charge in [-0.05, 0) is 31.2 Å². The fourth-order valence-corrected chi connectivity index (χ4v) is 2.42. The maximum Gasteiger partial charge on any atom is 0.151 e. The first-order valence-electron chi connectivity index (χ1n) is 5.29. The van der Waals surface area contributed by atoms with Gasteiger partial charge in [0.05, 0.1) is 0 Å². The summed E-state index contributed by atoms with van der Waals surface area (Å²) >= 11 is 1.11. The third-order valence-corrected chi connectivity index (χ3v) is 3.55. The molecule has 0 saturated carbocycles. The molecule has 0 unspecified atom stereocenters. The SMILES string of the molecule is Cc1ccc(Sc2ccc(F)cc2F)c(C=O)c1. The standard InChI is InChI=1S/C14H10F2OS/c1-9-2-4-13(10(6-9)8-17)18-14-5-3-11(15)7-12(14)16/h2-8H,1H3. The Morgan fingerprint density at radius 1 is 1.06 bits per heavy atom. The number of carbonyl (C=O) groups is 1. The summed E-state index contributed by atoms with van der Waals surface area (Å²) in [6.07, 6.45) is 0.733. The Morgan fingerprint density at radius 3 is 2.44 bits per heavy atom. The molecule has 0 fully saturated rings. The Hall–Kier alpha value is -1.68. The molecule has 2 aromatic rings. The van der Waals surface area contributed by atoms with Crippen LogP contribution in [0, 0.1) is 18.6 Å². The summed E-state index contributed by atoms with van der Waals surface area (Å²) in [6, 6.07) is 8.72. The van der Waals surface area contributed by atoms with E-state index >= 15 is 0 Å². The minimum absolute atomic E-state index is 0.295. The minimum atomic E-state index is -0.627. The van der Waals surface area contributed by atoms with Gasteiger partial charge in [0.2, 0.25) is 0 Å². The zero-order valence-electron chi connectivity index (χ0n) is 9.61. The number of aryl methyl sites for hydroxylation is 1. The smallest absolute Gasteiger partial charge is 0.151 e. The quantitative estimate of drug-likeness (QED) is 0.771. The molecular formula is C14H10F2OS. The van der Waals surface area contributed by atoms with Crippen molar-refractivity contribution in [3.05, 3.63) is 59.2 Å². The number of halogens is 2. The molecule has 4 heteroatoms. The number of benzene rings is 2. The molecule has 0 radical (unpaired) electrons. The zero-order chi connectivity index (χ0) is 13.1. The Balaban J connectivity index is 2.36. The molecule has 0 amide bonds. The molecule has 0 bridgehead atoms. The van der Waals surface area contributed by atoms with Crippen LogP contribution >= 0.6 is 11.8 Å². The van der Waals surface area contributed by atoms with Gasteiger partial charge < -0.3 is 0 Å². The first-order chi connectivity index (χ1) is 8.60. The lowest BCUT2D eigenvalue weighted by molar-refractivity contribution is 0.112. The first kappa shape index (κ1) is 12.8. The summed E-state index contributed by atoms with van der Waals surface area (Å²) in [7, 11) is 0. The first-order valence-corrected chi connectivity index (χ1v) is 6.10. The fraction of sp³-hybridized carbons (Fsp3) is 0.0714. The van der Waals surface area contributed by atoms with Gasteiger partial charge in [0.1, 0.15) is 11.6 Å². The third kappa shape index (κ3) is 2.76. The highest BCUT2D eigenvalue weighted by atomic mass is 32.2. The lowest BCUT2D eigenvalue weighted by Gasteiger charge is -2.06. The van der Waals surface area contributed by atoms with Crippen LogP contribution in [0.1, 0.15) is 15.9 Å². The lowest BCUT2D eigenvalue weighted by atomic mass is 10.2. The largest absolute Gasteiger partial charge is 0.298 e. The summed E-state index contributed by atoms with van der Waals surface area (Å²) in [5.41, 5.74) is 1.46. The molecule has 0 atom stereocenters. The molecule has 2 aromatic carbocycles. The van der Waals surface area contributed by atoms with E-state index in [-0.39, 0.29) is 0 Å². The second-order valence-corrected chi connectivity index (χ2v) is 4.92. The molecule has 0 aliphatic carbocycles. The van der Waals surface area contributed by atoms with Crippen molar-refractivity contribution in [3.8, 4) is 0 Å². The summed E-state index contributed by atoms with van der Waals surface area (Å²) < 4.78 is 26.3. The maximum atomic E-state index is 13.5. The number of rotatable bonds is 3. The van der Waals surface area contributed by atoms with Crippen molar-refractivity contribution in [3.63, 3.8) is 0 Å². The molecule has 0 aliphatic heterocycles. The second kappa shape index (κ2) is 5.31. The van der Waals surface area contributed by atoms with Gasteiger partial charge in [-0.1, -0.05) is 23.4 Å². The van der Waals surface area contributed by atoms with Crippen molar-refractivity contribution in [1.29, 1.82) is 0 Å². The Morgan fingerprint density at radius 2 is 1.78 bits per heavy atom. The van der Waals surface area contributed by atoms with Gasteiger partial charge in [-0.25, -0.2) is 8.78 Å². The molecule has 0 aliphatic rings. The van der Waals surface area contributed by atoms with E-state index in [2.05, 4.69) is 0 Å². The number of aldehydes is 1. The van der Waals surface area contributed by atoms with Crippen LogP contribution in [0.15, 0.2) is 46.2 Å². The molecular weight excluding hydrogens is 254 g/mol. The van der Waals surface area contributed by atoms with Gasteiger partial charge in [0, 0.05) is 21.4 Å². The van der Waals surface area contributed by atoms with Crippen molar-refractivity contribution < 1.29 is 13.6 Å². The Kier molecular flexibility index (Phi) is 3.77. The molecule has 0 saturated heterocycles. The molecule has 0 aromatic heterocycles. The summed E-state index contributed by atoms with van der Waals surface area (Å²) in [6.45, 7) is 1.87. The highest BCUT2D eigenvalue weighted by Crippen LogP contribution is 2.32. The topological polar surface area (TPSA) is 17.1 Å². The monoisotopic (exact) mass is 264 g/mol. The summed E-state index contributed by atoms with van der Waals surface area (Å²) in [4.78, 5) is 11.9. The van der Waals surface area contributed by atoms with Crippen LogP contribution in [0.2, 0.25) is 0 Å². The predicted octanol–water partition coefficient (Wildman–Crippen LogP) is 4.24. The van der Waals surface area contributed by atoms with Gasteiger partial charge in [-0.2, -0.15) is 0 Å². The van der Waals surface area contributed by atoms with Gasteiger partial charge in [0.25, 0.3) is 0 Å². The van der Waals surface area contributed by atoms with Crippen molar-refractivity contribution >= 4 is 18.0 Å². The van der Waals surface area contributed by atoms with E-state index in [0.717, 1.165) is 29.7 Å². The molecule has 0 spiro atoms. The third-order valence-electron chi connectivity index (χ3n) is 2.41. The van der Waals surface area contributed by atoms with E-state index in [1.54, 1.807) is 12.1 Å². The van der Waals surface area contributed by atoms with Crippen LogP contribution in [0.3, 0.4) is 0 Å². The van der Waals surface area contributed by atoms with Crippen molar-refractivity contribution in [1.82, 2.24) is 0 Å². The van der Waals surface area contributed by atoms with Crippen molar-refractivity contribution in [2.45, 2.75) is 16.7 Å². The Bertz CT molecular complexity index is 596. The number of hydrogen-bond donors (Lipinski definition) is 0. The van der Waals surface area contributed by atoms with E-state index in [4.69, 9.17) is 0 Å². The van der Waals surface area contributed by atoms with Crippen molar-refractivity contribution in [2.75, 3.05) is 0 Å². The highest BCUT2D eigenvalue weighted by molar-refractivity contribution is 7.99. The average molecular weight is 264 g/mol. The molecule has 2 rings (SSSR count).